The number of nitrogens with zero attached hydrogens (tertiary/aromatic N) is 1. The van der Waals surface area contributed by atoms with Crippen LogP contribution in [-0.2, 0) is 4.74 Å². The molecule has 0 bridgehead atoms. The molecule has 88 valence electrons. The van der Waals surface area contributed by atoms with E-state index in [1.807, 2.05) is 6.92 Å². The van der Waals surface area contributed by atoms with Crippen molar-refractivity contribution in [3.8, 4) is 0 Å². The van der Waals surface area contributed by atoms with Gasteiger partial charge in [-0.05, 0) is 25.7 Å². The molecule has 1 heterocycles. The molecule has 0 saturated carbocycles. The Morgan fingerprint density at radius 1 is 1.40 bits per heavy atom. The van der Waals surface area contributed by atoms with E-state index in [9.17, 15) is 0 Å². The Hall–Kier alpha value is -0.570. The van der Waals surface area contributed by atoms with E-state index >= 15 is 0 Å². The van der Waals surface area contributed by atoms with Gasteiger partial charge in [0.1, 0.15) is 0 Å². The standard InChI is InChI=1S/C12H24N2O/c1-4-15-9-11(10(2)3)14-8-6-5-7-12(14)13/h10-11,13H,4-9H2,1-3H3. The van der Waals surface area contributed by atoms with Crippen LogP contribution >= 0.6 is 0 Å². The largest absolute Gasteiger partial charge is 0.380 e. The maximum absolute atomic E-state index is 7.98. The Morgan fingerprint density at radius 2 is 2.13 bits per heavy atom. The molecule has 0 aliphatic carbocycles. The summed E-state index contributed by atoms with van der Waals surface area (Å²) in [5.41, 5.74) is 0. The average molecular weight is 212 g/mol. The average Bonchev–Trinajstić information content (AvgIpc) is 2.20. The monoisotopic (exact) mass is 212 g/mol. The maximum Gasteiger partial charge on any atom is 0.0961 e. The van der Waals surface area contributed by atoms with Crippen molar-refractivity contribution in [2.24, 2.45) is 5.92 Å². The molecule has 1 N–H and O–H groups in total. The van der Waals surface area contributed by atoms with E-state index < -0.39 is 0 Å². The van der Waals surface area contributed by atoms with Gasteiger partial charge in [-0.15, -0.1) is 0 Å². The second-order valence-corrected chi connectivity index (χ2v) is 4.57. The lowest BCUT2D eigenvalue weighted by atomic mass is 9.99. The number of ether oxygens (including phenoxy) is 1. The fourth-order valence-electron chi connectivity index (χ4n) is 2.10. The smallest absolute Gasteiger partial charge is 0.0961 e. The molecule has 0 aromatic rings. The quantitative estimate of drug-likeness (QED) is 0.760. The van der Waals surface area contributed by atoms with Crippen LogP contribution in [-0.4, -0.2) is 36.5 Å². The summed E-state index contributed by atoms with van der Waals surface area (Å²) < 4.78 is 5.52. The van der Waals surface area contributed by atoms with Crippen LogP contribution < -0.4 is 0 Å². The van der Waals surface area contributed by atoms with Crippen LogP contribution in [0.25, 0.3) is 0 Å². The Balaban J connectivity index is 2.56. The summed E-state index contributed by atoms with van der Waals surface area (Å²) in [6.07, 6.45) is 3.34. The van der Waals surface area contributed by atoms with E-state index in [2.05, 4.69) is 18.7 Å². The van der Waals surface area contributed by atoms with Crippen molar-refractivity contribution >= 4 is 5.84 Å². The zero-order chi connectivity index (χ0) is 11.3. The van der Waals surface area contributed by atoms with Gasteiger partial charge in [-0.3, -0.25) is 5.41 Å². The van der Waals surface area contributed by atoms with Gasteiger partial charge in [0.05, 0.1) is 18.5 Å². The van der Waals surface area contributed by atoms with Crippen LogP contribution in [0.1, 0.15) is 40.0 Å². The molecule has 0 radical (unpaired) electrons. The molecule has 1 rings (SSSR count). The topological polar surface area (TPSA) is 36.3 Å². The molecular weight excluding hydrogens is 188 g/mol. The molecule has 1 atom stereocenters. The highest BCUT2D eigenvalue weighted by atomic mass is 16.5. The predicted molar refractivity (Wildman–Crippen MR) is 63.4 cm³/mol. The van der Waals surface area contributed by atoms with E-state index in [-0.39, 0.29) is 0 Å². The fraction of sp³-hybridized carbons (Fsp3) is 0.917. The van der Waals surface area contributed by atoms with Crippen molar-refractivity contribution in [1.29, 1.82) is 5.41 Å². The first kappa shape index (κ1) is 12.5. The third-order valence-electron chi connectivity index (χ3n) is 3.07. The Morgan fingerprint density at radius 3 is 2.67 bits per heavy atom. The minimum Gasteiger partial charge on any atom is -0.380 e. The zero-order valence-corrected chi connectivity index (χ0v) is 10.3. The zero-order valence-electron chi connectivity index (χ0n) is 10.3. The van der Waals surface area contributed by atoms with Gasteiger partial charge in [-0.2, -0.15) is 0 Å². The molecule has 15 heavy (non-hydrogen) atoms. The van der Waals surface area contributed by atoms with Crippen LogP contribution in [0, 0.1) is 11.3 Å². The molecule has 0 aromatic heterocycles. The molecule has 1 unspecified atom stereocenters. The molecule has 0 aromatic carbocycles. The van der Waals surface area contributed by atoms with Crippen molar-refractivity contribution in [2.75, 3.05) is 19.8 Å². The minimum absolute atomic E-state index is 0.387. The van der Waals surface area contributed by atoms with E-state index in [0.29, 0.717) is 12.0 Å². The molecule has 1 fully saturated rings. The van der Waals surface area contributed by atoms with Crippen molar-refractivity contribution < 1.29 is 4.74 Å². The van der Waals surface area contributed by atoms with Gasteiger partial charge in [0.25, 0.3) is 0 Å². The third kappa shape index (κ3) is 3.49. The van der Waals surface area contributed by atoms with E-state index in [0.717, 1.165) is 32.0 Å². The SMILES string of the molecule is CCOCC(C(C)C)N1CCCCC1=N. The highest BCUT2D eigenvalue weighted by Gasteiger charge is 2.25. The summed E-state index contributed by atoms with van der Waals surface area (Å²) in [4.78, 5) is 2.24. The molecule has 3 heteroatoms. The number of rotatable bonds is 5. The molecule has 0 amide bonds. The summed E-state index contributed by atoms with van der Waals surface area (Å²) in [6, 6.07) is 0.387. The van der Waals surface area contributed by atoms with Crippen molar-refractivity contribution in [3.05, 3.63) is 0 Å². The Labute approximate surface area is 93.3 Å². The highest BCUT2D eigenvalue weighted by molar-refractivity contribution is 5.80. The van der Waals surface area contributed by atoms with Crippen LogP contribution in [0.4, 0.5) is 0 Å². The molecule has 1 saturated heterocycles. The Bertz CT molecular complexity index is 204. The Kier molecular flexibility index (Phi) is 5.09. The first-order valence-corrected chi connectivity index (χ1v) is 6.08. The van der Waals surface area contributed by atoms with Gasteiger partial charge in [0.2, 0.25) is 0 Å². The first-order chi connectivity index (χ1) is 7.16. The number of likely N-dealkylation sites (tertiary alicyclic amines) is 1. The second-order valence-electron chi connectivity index (χ2n) is 4.57. The van der Waals surface area contributed by atoms with Crippen LogP contribution in [0.15, 0.2) is 0 Å². The summed E-state index contributed by atoms with van der Waals surface area (Å²) in [7, 11) is 0. The summed E-state index contributed by atoms with van der Waals surface area (Å²) in [5.74, 6) is 1.36. The summed E-state index contributed by atoms with van der Waals surface area (Å²) in [5, 5.41) is 7.98. The van der Waals surface area contributed by atoms with E-state index in [4.69, 9.17) is 10.1 Å². The molecule has 1 aliphatic heterocycles. The van der Waals surface area contributed by atoms with Crippen molar-refractivity contribution in [2.45, 2.75) is 46.1 Å². The van der Waals surface area contributed by atoms with Crippen molar-refractivity contribution in [1.82, 2.24) is 4.90 Å². The second kappa shape index (κ2) is 6.11. The molecular formula is C12H24N2O. The minimum atomic E-state index is 0.387. The maximum atomic E-state index is 7.98. The van der Waals surface area contributed by atoms with Gasteiger partial charge in [-0.1, -0.05) is 13.8 Å². The van der Waals surface area contributed by atoms with Crippen LogP contribution in [0.2, 0.25) is 0 Å². The van der Waals surface area contributed by atoms with Gasteiger partial charge in [0.15, 0.2) is 0 Å². The summed E-state index contributed by atoms with van der Waals surface area (Å²) >= 11 is 0. The fourth-order valence-corrected chi connectivity index (χ4v) is 2.10. The third-order valence-corrected chi connectivity index (χ3v) is 3.07. The van der Waals surface area contributed by atoms with Crippen LogP contribution in [0.3, 0.4) is 0 Å². The number of nitrogens with one attached hydrogen (secondary N) is 1. The van der Waals surface area contributed by atoms with Gasteiger partial charge in [-0.25, -0.2) is 0 Å². The summed E-state index contributed by atoms with van der Waals surface area (Å²) in [6.45, 7) is 9.02. The van der Waals surface area contributed by atoms with Gasteiger partial charge >= 0.3 is 0 Å². The predicted octanol–water partition coefficient (Wildman–Crippen LogP) is 2.51. The van der Waals surface area contributed by atoms with E-state index in [1.54, 1.807) is 0 Å². The lowest BCUT2D eigenvalue weighted by molar-refractivity contribution is 0.0698. The normalized spacial score (nSPS) is 19.7. The van der Waals surface area contributed by atoms with Crippen LogP contribution in [0.5, 0.6) is 0 Å². The number of hydrogen-bond acceptors (Lipinski definition) is 2. The number of amidine groups is 1. The lowest BCUT2D eigenvalue weighted by Crippen LogP contribution is -2.47. The lowest BCUT2D eigenvalue weighted by Gasteiger charge is -2.38. The first-order valence-electron chi connectivity index (χ1n) is 6.08. The van der Waals surface area contributed by atoms with Gasteiger partial charge < -0.3 is 9.64 Å². The highest BCUT2D eigenvalue weighted by Crippen LogP contribution is 2.19. The van der Waals surface area contributed by atoms with Crippen molar-refractivity contribution in [3.63, 3.8) is 0 Å². The van der Waals surface area contributed by atoms with Gasteiger partial charge in [0, 0.05) is 19.6 Å². The van der Waals surface area contributed by atoms with E-state index in [1.165, 1.54) is 12.8 Å². The molecule has 3 nitrogen and oxygen atoms in total. The number of hydrogen-bond donors (Lipinski definition) is 1. The number of piperidine rings is 1. The molecule has 0 spiro atoms. The molecule has 1 aliphatic rings.